The van der Waals surface area contributed by atoms with Crippen LogP contribution in [-0.2, 0) is 0 Å². The number of fused-ring (bicyclic) bond motifs is 3. The van der Waals surface area contributed by atoms with E-state index in [1.54, 1.807) is 19.1 Å². The lowest BCUT2D eigenvalue weighted by Gasteiger charge is -2.16. The topological polar surface area (TPSA) is 54.5 Å². The molecule has 0 spiro atoms. The molecule has 0 atom stereocenters. The van der Waals surface area contributed by atoms with E-state index in [9.17, 15) is 4.79 Å². The Morgan fingerprint density at radius 3 is 2.80 bits per heavy atom. The molecule has 0 saturated carbocycles. The van der Waals surface area contributed by atoms with E-state index in [0.29, 0.717) is 11.6 Å². The third-order valence-electron chi connectivity index (χ3n) is 3.43. The van der Waals surface area contributed by atoms with E-state index in [4.69, 9.17) is 4.74 Å². The van der Waals surface area contributed by atoms with E-state index in [0.717, 1.165) is 22.5 Å². The lowest BCUT2D eigenvalue weighted by Crippen LogP contribution is -2.30. The highest BCUT2D eigenvalue weighted by molar-refractivity contribution is 6.09. The van der Waals surface area contributed by atoms with Crippen molar-refractivity contribution >= 4 is 17.4 Å². The summed E-state index contributed by atoms with van der Waals surface area (Å²) >= 11 is 0. The number of hydrogen-bond acceptors (Lipinski definition) is 3. The molecule has 0 bridgehead atoms. The lowest BCUT2D eigenvalue weighted by molar-refractivity contribution is 0.258. The van der Waals surface area contributed by atoms with E-state index in [1.807, 2.05) is 37.3 Å². The maximum atomic E-state index is 12.2. The first-order chi connectivity index (χ1) is 9.61. The highest BCUT2D eigenvalue weighted by atomic mass is 16.5. The maximum Gasteiger partial charge on any atom is 0.326 e. The van der Waals surface area contributed by atoms with Crippen LogP contribution in [0, 0.1) is 6.92 Å². The number of nitrogens with one attached hydrogen (secondary N) is 1. The van der Waals surface area contributed by atoms with Crippen molar-refractivity contribution in [1.29, 1.82) is 0 Å². The molecule has 102 valence electrons. The number of carbonyl (C=O) groups is 1. The van der Waals surface area contributed by atoms with E-state index >= 15 is 0 Å². The number of pyridine rings is 1. The summed E-state index contributed by atoms with van der Waals surface area (Å²) in [5.74, 6) is 0.567. The predicted molar refractivity (Wildman–Crippen MR) is 78.4 cm³/mol. The largest absolute Gasteiger partial charge is 0.481 e. The van der Waals surface area contributed by atoms with Crippen LogP contribution in [0.1, 0.15) is 5.56 Å². The number of amides is 2. The summed E-state index contributed by atoms with van der Waals surface area (Å²) < 4.78 is 5.28. The number of methoxy groups -OCH3 is 1. The summed E-state index contributed by atoms with van der Waals surface area (Å²) in [5.41, 5.74) is 4.03. The second kappa shape index (κ2) is 4.52. The standard InChI is InChI=1S/C15H15N3O2/c1-9-8-11-13(17-14(9)20-3)10-6-4-5-7-12(10)18(2)15(19)16-11/h4-8H,1-3H3,(H,16,19). The fourth-order valence-electron chi connectivity index (χ4n) is 2.38. The predicted octanol–water partition coefficient (Wildman–Crippen LogP) is 3.05. The van der Waals surface area contributed by atoms with Crippen LogP contribution < -0.4 is 15.0 Å². The van der Waals surface area contributed by atoms with Crippen LogP contribution in [0.25, 0.3) is 11.3 Å². The zero-order valence-corrected chi connectivity index (χ0v) is 11.6. The second-order valence-corrected chi connectivity index (χ2v) is 4.72. The number of benzene rings is 1. The lowest BCUT2D eigenvalue weighted by atomic mass is 10.1. The molecule has 1 aliphatic heterocycles. The minimum absolute atomic E-state index is 0.178. The molecule has 2 heterocycles. The van der Waals surface area contributed by atoms with Gasteiger partial charge in [0.25, 0.3) is 0 Å². The van der Waals surface area contributed by atoms with E-state index in [2.05, 4.69) is 10.3 Å². The van der Waals surface area contributed by atoms with Gasteiger partial charge in [-0.2, -0.15) is 0 Å². The van der Waals surface area contributed by atoms with Gasteiger partial charge in [0.2, 0.25) is 5.88 Å². The molecule has 3 rings (SSSR count). The fourth-order valence-corrected chi connectivity index (χ4v) is 2.38. The van der Waals surface area contributed by atoms with E-state index < -0.39 is 0 Å². The Bertz CT molecular complexity index is 698. The first kappa shape index (κ1) is 12.5. The van der Waals surface area contributed by atoms with Crippen LogP contribution in [0.3, 0.4) is 0 Å². The fraction of sp³-hybridized carbons (Fsp3) is 0.200. The summed E-state index contributed by atoms with van der Waals surface area (Å²) in [4.78, 5) is 18.3. The zero-order chi connectivity index (χ0) is 14.3. The quantitative estimate of drug-likeness (QED) is 0.865. The van der Waals surface area contributed by atoms with Crippen LogP contribution in [0.2, 0.25) is 0 Å². The number of carbonyl (C=O) groups excluding carboxylic acids is 1. The number of ether oxygens (including phenoxy) is 1. The minimum atomic E-state index is -0.178. The molecule has 2 aromatic rings. The van der Waals surface area contributed by atoms with Crippen molar-refractivity contribution in [2.24, 2.45) is 0 Å². The smallest absolute Gasteiger partial charge is 0.326 e. The Balaban J connectivity index is 2.32. The summed E-state index contributed by atoms with van der Waals surface area (Å²) in [7, 11) is 3.33. The van der Waals surface area contributed by atoms with Gasteiger partial charge in [-0.05, 0) is 19.1 Å². The van der Waals surface area contributed by atoms with Gasteiger partial charge in [-0.3, -0.25) is 4.90 Å². The highest BCUT2D eigenvalue weighted by Crippen LogP contribution is 2.38. The van der Waals surface area contributed by atoms with Gasteiger partial charge >= 0.3 is 6.03 Å². The summed E-state index contributed by atoms with van der Waals surface area (Å²) in [5, 5.41) is 2.88. The first-order valence-corrected chi connectivity index (χ1v) is 6.31. The molecule has 1 N–H and O–H groups in total. The number of aryl methyl sites for hydroxylation is 1. The zero-order valence-electron chi connectivity index (χ0n) is 11.6. The van der Waals surface area contributed by atoms with Crippen molar-refractivity contribution < 1.29 is 9.53 Å². The Hall–Kier alpha value is -2.56. The first-order valence-electron chi connectivity index (χ1n) is 6.31. The molecule has 5 nitrogen and oxygen atoms in total. The van der Waals surface area contributed by atoms with Crippen molar-refractivity contribution in [1.82, 2.24) is 4.98 Å². The number of para-hydroxylation sites is 1. The third kappa shape index (κ3) is 1.79. The van der Waals surface area contributed by atoms with Gasteiger partial charge in [-0.1, -0.05) is 18.2 Å². The average molecular weight is 269 g/mol. The van der Waals surface area contributed by atoms with Crippen molar-refractivity contribution in [2.45, 2.75) is 6.92 Å². The van der Waals surface area contributed by atoms with Crippen molar-refractivity contribution in [3.63, 3.8) is 0 Å². The SMILES string of the molecule is COc1nc2c(cc1C)NC(=O)N(C)c1ccccc1-2. The molecule has 1 aromatic heterocycles. The molecule has 0 unspecified atom stereocenters. The number of nitrogens with zero attached hydrogens (tertiary/aromatic N) is 2. The van der Waals surface area contributed by atoms with Gasteiger partial charge < -0.3 is 10.1 Å². The number of anilines is 2. The molecule has 1 aromatic carbocycles. The number of rotatable bonds is 1. The second-order valence-electron chi connectivity index (χ2n) is 4.72. The third-order valence-corrected chi connectivity index (χ3v) is 3.43. The normalized spacial score (nSPS) is 13.2. The monoisotopic (exact) mass is 269 g/mol. The van der Waals surface area contributed by atoms with Gasteiger partial charge in [-0.15, -0.1) is 0 Å². The van der Waals surface area contributed by atoms with Crippen LogP contribution in [0.4, 0.5) is 16.2 Å². The number of aromatic nitrogens is 1. The molecular weight excluding hydrogens is 254 g/mol. The Kier molecular flexibility index (Phi) is 2.82. The number of urea groups is 1. The van der Waals surface area contributed by atoms with Crippen LogP contribution in [0.15, 0.2) is 30.3 Å². The van der Waals surface area contributed by atoms with Crippen molar-refractivity contribution in [2.75, 3.05) is 24.4 Å². The van der Waals surface area contributed by atoms with Gasteiger partial charge in [0.05, 0.1) is 24.2 Å². The molecule has 5 heteroatoms. The van der Waals surface area contributed by atoms with E-state index in [1.165, 1.54) is 0 Å². The molecule has 0 radical (unpaired) electrons. The molecule has 0 saturated heterocycles. The van der Waals surface area contributed by atoms with Gasteiger partial charge in [-0.25, -0.2) is 9.78 Å². The van der Waals surface area contributed by atoms with E-state index in [-0.39, 0.29) is 6.03 Å². The Morgan fingerprint density at radius 2 is 2.05 bits per heavy atom. The Morgan fingerprint density at radius 1 is 1.30 bits per heavy atom. The van der Waals surface area contributed by atoms with Gasteiger partial charge in [0.15, 0.2) is 0 Å². The molecule has 0 fully saturated rings. The van der Waals surface area contributed by atoms with Crippen molar-refractivity contribution in [3.05, 3.63) is 35.9 Å². The van der Waals surface area contributed by atoms with Crippen LogP contribution in [0.5, 0.6) is 5.88 Å². The summed E-state index contributed by atoms with van der Waals surface area (Å²) in [6.45, 7) is 1.90. The van der Waals surface area contributed by atoms with Crippen molar-refractivity contribution in [3.8, 4) is 17.1 Å². The minimum Gasteiger partial charge on any atom is -0.481 e. The molecule has 1 aliphatic rings. The van der Waals surface area contributed by atoms with Crippen LogP contribution >= 0.6 is 0 Å². The Labute approximate surface area is 117 Å². The molecule has 20 heavy (non-hydrogen) atoms. The average Bonchev–Trinajstić information content (AvgIpc) is 2.55. The summed E-state index contributed by atoms with van der Waals surface area (Å²) in [6.07, 6.45) is 0. The highest BCUT2D eigenvalue weighted by Gasteiger charge is 2.24. The molecular formula is C15H15N3O2. The number of hydrogen-bond donors (Lipinski definition) is 1. The molecule has 0 aliphatic carbocycles. The maximum absolute atomic E-state index is 12.2. The van der Waals surface area contributed by atoms with Crippen LogP contribution in [-0.4, -0.2) is 25.2 Å². The van der Waals surface area contributed by atoms with Gasteiger partial charge in [0.1, 0.15) is 0 Å². The molecule has 2 amide bonds. The van der Waals surface area contributed by atoms with Gasteiger partial charge in [0, 0.05) is 18.2 Å². The summed E-state index contributed by atoms with van der Waals surface area (Å²) in [6, 6.07) is 9.39.